The maximum absolute atomic E-state index is 12.9. The molecule has 0 spiro atoms. The molecule has 6 heteroatoms. The zero-order valence-electron chi connectivity index (χ0n) is 14.7. The molecule has 2 aromatic heterocycles. The van der Waals surface area contributed by atoms with Crippen LogP contribution < -0.4 is 5.73 Å². The van der Waals surface area contributed by atoms with Crippen LogP contribution in [0.4, 0.5) is 5.69 Å². The van der Waals surface area contributed by atoms with Gasteiger partial charge in [0.05, 0.1) is 5.69 Å². The monoisotopic (exact) mass is 346 g/mol. The lowest BCUT2D eigenvalue weighted by atomic mass is 10.1. The highest BCUT2D eigenvalue weighted by molar-refractivity contribution is 7.21. The summed E-state index contributed by atoms with van der Waals surface area (Å²) in [5.74, 6) is 0.611. The first-order valence-electron chi connectivity index (χ1n) is 8.69. The molecule has 5 nitrogen and oxygen atoms in total. The number of nitrogen functional groups attached to an aromatic ring is 1. The summed E-state index contributed by atoms with van der Waals surface area (Å²) in [6.07, 6.45) is 0.940. The third-order valence-corrected chi connectivity index (χ3v) is 5.67. The van der Waals surface area contributed by atoms with Gasteiger partial charge in [0, 0.05) is 37.3 Å². The molecule has 3 heterocycles. The van der Waals surface area contributed by atoms with E-state index in [-0.39, 0.29) is 5.91 Å². The highest BCUT2D eigenvalue weighted by Crippen LogP contribution is 2.33. The number of rotatable bonds is 4. The summed E-state index contributed by atoms with van der Waals surface area (Å²) in [4.78, 5) is 23.4. The average Bonchev–Trinajstić information content (AvgIpc) is 2.90. The lowest BCUT2D eigenvalue weighted by molar-refractivity contribution is 0.0649. The summed E-state index contributed by atoms with van der Waals surface area (Å²) in [6, 6.07) is 4.04. The maximum Gasteiger partial charge on any atom is 0.266 e. The minimum absolute atomic E-state index is 0.0525. The number of pyridine rings is 1. The topological polar surface area (TPSA) is 62.5 Å². The third-order valence-electron chi connectivity index (χ3n) is 4.57. The molecular formula is C18H26N4OS. The van der Waals surface area contributed by atoms with E-state index < -0.39 is 0 Å². The van der Waals surface area contributed by atoms with E-state index in [0.717, 1.165) is 55.1 Å². The van der Waals surface area contributed by atoms with Gasteiger partial charge in [-0.1, -0.05) is 20.8 Å². The zero-order chi connectivity index (χ0) is 17.3. The van der Waals surface area contributed by atoms with E-state index in [0.29, 0.717) is 16.5 Å². The predicted molar refractivity (Wildman–Crippen MR) is 101 cm³/mol. The van der Waals surface area contributed by atoms with Crippen molar-refractivity contribution in [2.45, 2.75) is 27.2 Å². The Morgan fingerprint density at radius 1 is 1.29 bits per heavy atom. The number of anilines is 1. The number of aromatic nitrogens is 1. The van der Waals surface area contributed by atoms with E-state index in [9.17, 15) is 4.79 Å². The van der Waals surface area contributed by atoms with E-state index >= 15 is 0 Å². The predicted octanol–water partition coefficient (Wildman–Crippen LogP) is 2.85. The number of hydrogen-bond acceptors (Lipinski definition) is 5. The quantitative estimate of drug-likeness (QED) is 0.925. The van der Waals surface area contributed by atoms with Crippen molar-refractivity contribution < 1.29 is 4.79 Å². The summed E-state index contributed by atoms with van der Waals surface area (Å²) in [5, 5.41) is 0.906. The minimum atomic E-state index is 0.0525. The molecule has 1 amide bonds. The molecule has 1 saturated heterocycles. The lowest BCUT2D eigenvalue weighted by Crippen LogP contribution is -2.48. The average molecular weight is 347 g/mol. The molecule has 1 fully saturated rings. The fourth-order valence-electron chi connectivity index (χ4n) is 3.14. The molecule has 2 N–H and O–H groups in total. The van der Waals surface area contributed by atoms with Crippen molar-refractivity contribution in [3.63, 3.8) is 0 Å². The second-order valence-corrected chi connectivity index (χ2v) is 7.82. The van der Waals surface area contributed by atoms with Crippen LogP contribution in [0.2, 0.25) is 0 Å². The van der Waals surface area contributed by atoms with Crippen LogP contribution in [0.1, 0.15) is 36.1 Å². The SMILES string of the molecule is CCN1CCN(C(=O)c2sc3nc(CC(C)C)ccc3c2N)CC1. The Morgan fingerprint density at radius 3 is 2.62 bits per heavy atom. The standard InChI is InChI=1S/C18H26N4OS/c1-4-21-7-9-22(10-8-21)18(23)16-15(19)14-6-5-13(11-12(2)3)20-17(14)24-16/h5-6,12H,4,7-11,19H2,1-3H3. The van der Waals surface area contributed by atoms with Crippen LogP contribution in [0.25, 0.3) is 10.2 Å². The number of nitrogens with two attached hydrogens (primary N) is 1. The zero-order valence-corrected chi connectivity index (χ0v) is 15.5. The van der Waals surface area contributed by atoms with E-state index in [2.05, 4.69) is 25.7 Å². The molecule has 0 aliphatic carbocycles. The van der Waals surface area contributed by atoms with Gasteiger partial charge in [0.2, 0.25) is 0 Å². The van der Waals surface area contributed by atoms with Crippen molar-refractivity contribution >= 4 is 33.1 Å². The maximum atomic E-state index is 12.9. The Morgan fingerprint density at radius 2 is 2.00 bits per heavy atom. The molecule has 0 unspecified atom stereocenters. The first-order valence-corrected chi connectivity index (χ1v) is 9.50. The molecule has 0 aromatic carbocycles. The second kappa shape index (κ2) is 7.07. The van der Waals surface area contributed by atoms with Crippen LogP contribution in [-0.2, 0) is 6.42 Å². The van der Waals surface area contributed by atoms with Gasteiger partial charge in [-0.25, -0.2) is 4.98 Å². The van der Waals surface area contributed by atoms with Crippen LogP contribution in [0.3, 0.4) is 0 Å². The molecule has 130 valence electrons. The largest absolute Gasteiger partial charge is 0.397 e. The lowest BCUT2D eigenvalue weighted by Gasteiger charge is -2.33. The molecule has 0 atom stereocenters. The number of carbonyl (C=O) groups excluding carboxylic acids is 1. The fourth-order valence-corrected chi connectivity index (χ4v) is 4.22. The van der Waals surface area contributed by atoms with Crippen molar-refractivity contribution in [3.05, 3.63) is 22.7 Å². The second-order valence-electron chi connectivity index (χ2n) is 6.82. The van der Waals surface area contributed by atoms with Crippen molar-refractivity contribution in [1.29, 1.82) is 0 Å². The van der Waals surface area contributed by atoms with Crippen molar-refractivity contribution in [1.82, 2.24) is 14.8 Å². The number of amides is 1. The summed E-state index contributed by atoms with van der Waals surface area (Å²) in [6.45, 7) is 11.0. The molecule has 0 radical (unpaired) electrons. The molecule has 0 saturated carbocycles. The van der Waals surface area contributed by atoms with Crippen molar-refractivity contribution in [2.75, 3.05) is 38.5 Å². The highest BCUT2D eigenvalue weighted by Gasteiger charge is 2.25. The highest BCUT2D eigenvalue weighted by atomic mass is 32.1. The van der Waals surface area contributed by atoms with Gasteiger partial charge in [0.15, 0.2) is 0 Å². The fraction of sp³-hybridized carbons (Fsp3) is 0.556. The number of likely N-dealkylation sites (N-methyl/N-ethyl adjacent to an activating group) is 1. The van der Waals surface area contributed by atoms with Gasteiger partial charge < -0.3 is 15.5 Å². The van der Waals surface area contributed by atoms with Crippen LogP contribution in [0, 0.1) is 5.92 Å². The van der Waals surface area contributed by atoms with E-state index in [1.807, 2.05) is 17.0 Å². The third kappa shape index (κ3) is 3.39. The molecule has 0 bridgehead atoms. The number of fused-ring (bicyclic) bond motifs is 1. The van der Waals surface area contributed by atoms with Gasteiger partial charge in [-0.15, -0.1) is 11.3 Å². The van der Waals surface area contributed by atoms with Gasteiger partial charge in [-0.3, -0.25) is 4.79 Å². The van der Waals surface area contributed by atoms with Crippen LogP contribution in [0.5, 0.6) is 0 Å². The van der Waals surface area contributed by atoms with E-state index in [1.54, 1.807) is 0 Å². The number of nitrogens with zero attached hydrogens (tertiary/aromatic N) is 3. The van der Waals surface area contributed by atoms with Crippen molar-refractivity contribution in [2.24, 2.45) is 5.92 Å². The molecule has 1 aliphatic rings. The van der Waals surface area contributed by atoms with Gasteiger partial charge >= 0.3 is 0 Å². The Hall–Kier alpha value is -1.66. The minimum Gasteiger partial charge on any atom is -0.397 e. The van der Waals surface area contributed by atoms with Gasteiger partial charge in [0.1, 0.15) is 9.71 Å². The number of carbonyl (C=O) groups is 1. The number of hydrogen-bond donors (Lipinski definition) is 1. The van der Waals surface area contributed by atoms with Crippen LogP contribution in [-0.4, -0.2) is 53.4 Å². The molecular weight excluding hydrogens is 320 g/mol. The Kier molecular flexibility index (Phi) is 5.06. The normalized spacial score (nSPS) is 16.2. The molecule has 3 rings (SSSR count). The molecule has 2 aromatic rings. The first-order chi connectivity index (χ1) is 11.5. The van der Waals surface area contributed by atoms with Gasteiger partial charge in [-0.2, -0.15) is 0 Å². The number of thiophene rings is 1. The summed E-state index contributed by atoms with van der Waals surface area (Å²) >= 11 is 1.43. The van der Waals surface area contributed by atoms with Gasteiger partial charge in [-0.05, 0) is 31.0 Å². The van der Waals surface area contributed by atoms with Crippen LogP contribution in [0.15, 0.2) is 12.1 Å². The summed E-state index contributed by atoms with van der Waals surface area (Å²) in [5.41, 5.74) is 7.91. The van der Waals surface area contributed by atoms with Gasteiger partial charge in [0.25, 0.3) is 5.91 Å². The van der Waals surface area contributed by atoms with E-state index in [1.165, 1.54) is 11.3 Å². The summed E-state index contributed by atoms with van der Waals surface area (Å²) in [7, 11) is 0. The smallest absolute Gasteiger partial charge is 0.266 e. The molecule has 1 aliphatic heterocycles. The van der Waals surface area contributed by atoms with Crippen LogP contribution >= 0.6 is 11.3 Å². The van der Waals surface area contributed by atoms with Crippen molar-refractivity contribution in [3.8, 4) is 0 Å². The molecule has 24 heavy (non-hydrogen) atoms. The Labute approximate surface area is 147 Å². The Balaban J connectivity index is 1.84. The Bertz CT molecular complexity index is 732. The number of piperazine rings is 1. The summed E-state index contributed by atoms with van der Waals surface area (Å²) < 4.78 is 0. The first kappa shape index (κ1) is 17.2. The van der Waals surface area contributed by atoms with E-state index in [4.69, 9.17) is 10.7 Å².